The molecule has 0 spiro atoms. The Morgan fingerprint density at radius 3 is 2.47 bits per heavy atom. The van der Waals surface area contributed by atoms with Gasteiger partial charge in [-0.1, -0.05) is 55.8 Å². The second-order valence-electron chi connectivity index (χ2n) is 8.75. The number of nitrogens with zero attached hydrogens (tertiary/aromatic N) is 4. The quantitative estimate of drug-likeness (QED) is 0.532. The molecule has 3 aromatic rings. The van der Waals surface area contributed by atoms with E-state index in [1.54, 1.807) is 23.2 Å². The molecule has 0 N–H and O–H groups in total. The summed E-state index contributed by atoms with van der Waals surface area (Å²) in [5.41, 5.74) is 3.07. The second kappa shape index (κ2) is 10.3. The Kier molecular flexibility index (Phi) is 7.22. The molecule has 0 bridgehead atoms. The summed E-state index contributed by atoms with van der Waals surface area (Å²) in [5, 5.41) is 4.44. The van der Waals surface area contributed by atoms with E-state index in [1.807, 2.05) is 36.1 Å². The van der Waals surface area contributed by atoms with Gasteiger partial charge in [0, 0.05) is 26.2 Å². The number of para-hydroxylation sites is 1. The van der Waals surface area contributed by atoms with E-state index in [9.17, 15) is 9.59 Å². The molecule has 0 saturated carbocycles. The molecule has 178 valence electrons. The number of hydrogen-bond donors (Lipinski definition) is 0. The number of hydrogen-bond acceptors (Lipinski definition) is 5. The van der Waals surface area contributed by atoms with Crippen molar-refractivity contribution >= 4 is 23.2 Å². The molecule has 7 nitrogen and oxygen atoms in total. The van der Waals surface area contributed by atoms with Gasteiger partial charge in [0.15, 0.2) is 6.61 Å². The van der Waals surface area contributed by atoms with Gasteiger partial charge in [0.2, 0.25) is 0 Å². The van der Waals surface area contributed by atoms with E-state index in [2.05, 4.69) is 31.1 Å². The monoisotopic (exact) mass is 480 g/mol. The Morgan fingerprint density at radius 1 is 1.09 bits per heavy atom. The number of carbonyl (C=O) groups excluding carboxylic acids is 1. The molecular weight excluding hydrogens is 452 g/mol. The number of halogens is 1. The maximum Gasteiger partial charge on any atom is 0.292 e. The van der Waals surface area contributed by atoms with Gasteiger partial charge in [0.05, 0.1) is 17.6 Å². The number of rotatable bonds is 6. The molecular formula is C26H29ClN4O3. The molecule has 1 aromatic heterocycles. The highest BCUT2D eigenvalue weighted by atomic mass is 35.5. The molecule has 0 radical (unpaired) electrons. The molecule has 2 heterocycles. The molecule has 1 aliphatic heterocycles. The van der Waals surface area contributed by atoms with Gasteiger partial charge in [0.1, 0.15) is 10.8 Å². The van der Waals surface area contributed by atoms with Crippen molar-refractivity contribution in [2.24, 2.45) is 0 Å². The first-order valence-corrected chi connectivity index (χ1v) is 11.8. The number of piperazine rings is 1. The van der Waals surface area contributed by atoms with Crippen LogP contribution in [0, 0.1) is 6.92 Å². The first-order chi connectivity index (χ1) is 16.3. The van der Waals surface area contributed by atoms with Crippen molar-refractivity contribution in [2.75, 3.05) is 37.7 Å². The molecule has 1 aliphatic rings. The van der Waals surface area contributed by atoms with E-state index < -0.39 is 0 Å². The third-order valence-electron chi connectivity index (χ3n) is 6.02. The summed E-state index contributed by atoms with van der Waals surface area (Å²) in [6.07, 6.45) is 1.61. The van der Waals surface area contributed by atoms with Gasteiger partial charge in [0.25, 0.3) is 11.5 Å². The van der Waals surface area contributed by atoms with Crippen molar-refractivity contribution in [3.8, 4) is 11.4 Å². The summed E-state index contributed by atoms with van der Waals surface area (Å²) in [6.45, 7) is 8.38. The van der Waals surface area contributed by atoms with Gasteiger partial charge in [-0.15, -0.1) is 0 Å². The number of benzene rings is 2. The highest BCUT2D eigenvalue weighted by Gasteiger charge is 2.24. The first kappa shape index (κ1) is 23.8. The van der Waals surface area contributed by atoms with E-state index in [0.29, 0.717) is 43.5 Å². The highest BCUT2D eigenvalue weighted by Crippen LogP contribution is 2.28. The summed E-state index contributed by atoms with van der Waals surface area (Å²) >= 11 is 6.44. The Labute approximate surface area is 204 Å². The summed E-state index contributed by atoms with van der Waals surface area (Å²) in [6, 6.07) is 15.3. The molecule has 2 aromatic carbocycles. The lowest BCUT2D eigenvalue weighted by atomic mass is 10.0. The largest absolute Gasteiger partial charge is 0.483 e. The molecule has 0 atom stereocenters. The molecule has 8 heteroatoms. The number of aromatic nitrogens is 2. The maximum absolute atomic E-state index is 12.8. The predicted octanol–water partition coefficient (Wildman–Crippen LogP) is 4.05. The van der Waals surface area contributed by atoms with Crippen LogP contribution in [0.2, 0.25) is 5.02 Å². The van der Waals surface area contributed by atoms with E-state index in [4.69, 9.17) is 16.3 Å². The van der Waals surface area contributed by atoms with Gasteiger partial charge in [-0.25, -0.2) is 0 Å². The number of ether oxygens (including phenoxy) is 1. The molecule has 1 saturated heterocycles. The Hall–Kier alpha value is -3.32. The fourth-order valence-electron chi connectivity index (χ4n) is 4.07. The van der Waals surface area contributed by atoms with E-state index in [1.165, 1.54) is 4.68 Å². The molecule has 4 rings (SSSR count). The fourth-order valence-corrected chi connectivity index (χ4v) is 4.32. The van der Waals surface area contributed by atoms with Gasteiger partial charge in [-0.3, -0.25) is 9.59 Å². The van der Waals surface area contributed by atoms with Crippen LogP contribution < -0.4 is 15.2 Å². The van der Waals surface area contributed by atoms with Crippen LogP contribution in [0.15, 0.2) is 59.5 Å². The molecule has 34 heavy (non-hydrogen) atoms. The lowest BCUT2D eigenvalue weighted by Gasteiger charge is -2.36. The third kappa shape index (κ3) is 5.09. The average Bonchev–Trinajstić information content (AvgIpc) is 2.84. The van der Waals surface area contributed by atoms with Crippen LogP contribution in [0.5, 0.6) is 5.75 Å². The number of carbonyl (C=O) groups is 1. The SMILES string of the molecule is Cc1ccc(C(C)C)c(OCC(=O)N2CCN(c3cnn(-c4ccccc4)c(=O)c3Cl)CC2)c1. The van der Waals surface area contributed by atoms with Crippen molar-refractivity contribution in [2.45, 2.75) is 26.7 Å². The number of anilines is 1. The second-order valence-corrected chi connectivity index (χ2v) is 9.13. The minimum atomic E-state index is -0.364. The normalized spacial score (nSPS) is 13.9. The van der Waals surface area contributed by atoms with Crippen molar-refractivity contribution in [3.63, 3.8) is 0 Å². The van der Waals surface area contributed by atoms with E-state index >= 15 is 0 Å². The van der Waals surface area contributed by atoms with Crippen molar-refractivity contribution < 1.29 is 9.53 Å². The summed E-state index contributed by atoms with van der Waals surface area (Å²) in [5.74, 6) is 1.02. The van der Waals surface area contributed by atoms with Crippen LogP contribution >= 0.6 is 11.6 Å². The number of amides is 1. The average molecular weight is 481 g/mol. The zero-order chi connectivity index (χ0) is 24.2. The minimum absolute atomic E-state index is 0.00138. The van der Waals surface area contributed by atoms with Crippen molar-refractivity contribution in [3.05, 3.63) is 81.2 Å². The number of aryl methyl sites for hydroxylation is 1. The summed E-state index contributed by atoms with van der Waals surface area (Å²) in [7, 11) is 0. The zero-order valence-corrected chi connectivity index (χ0v) is 20.5. The topological polar surface area (TPSA) is 67.7 Å². The van der Waals surface area contributed by atoms with Crippen LogP contribution in [0.3, 0.4) is 0 Å². The van der Waals surface area contributed by atoms with Crippen LogP contribution in [0.4, 0.5) is 5.69 Å². The van der Waals surface area contributed by atoms with Gasteiger partial charge in [-0.05, 0) is 42.2 Å². The fraction of sp³-hybridized carbons (Fsp3) is 0.346. The Balaban J connectivity index is 1.38. The smallest absolute Gasteiger partial charge is 0.292 e. The predicted molar refractivity (Wildman–Crippen MR) is 134 cm³/mol. The maximum atomic E-state index is 12.8. The van der Waals surface area contributed by atoms with Crippen LogP contribution in [-0.4, -0.2) is 53.4 Å². The Morgan fingerprint density at radius 2 is 1.79 bits per heavy atom. The highest BCUT2D eigenvalue weighted by molar-refractivity contribution is 6.33. The van der Waals surface area contributed by atoms with Crippen LogP contribution in [0.1, 0.15) is 30.9 Å². The van der Waals surface area contributed by atoms with E-state index in [0.717, 1.165) is 16.9 Å². The van der Waals surface area contributed by atoms with Crippen LogP contribution in [-0.2, 0) is 4.79 Å². The Bertz CT molecular complexity index is 1220. The minimum Gasteiger partial charge on any atom is -0.483 e. The van der Waals surface area contributed by atoms with Gasteiger partial charge in [-0.2, -0.15) is 9.78 Å². The molecule has 0 aliphatic carbocycles. The standard InChI is InChI=1S/C26H29ClN4O3/c1-18(2)21-10-9-19(3)15-23(21)34-17-24(32)30-13-11-29(12-14-30)22-16-28-31(26(33)25(22)27)20-7-5-4-6-8-20/h4-10,15-16,18H,11-14,17H2,1-3H3. The third-order valence-corrected chi connectivity index (χ3v) is 6.37. The van der Waals surface area contributed by atoms with Crippen molar-refractivity contribution in [1.29, 1.82) is 0 Å². The molecule has 1 amide bonds. The summed E-state index contributed by atoms with van der Waals surface area (Å²) in [4.78, 5) is 29.4. The van der Waals surface area contributed by atoms with Gasteiger partial charge >= 0.3 is 0 Å². The van der Waals surface area contributed by atoms with Crippen molar-refractivity contribution in [1.82, 2.24) is 14.7 Å². The lowest BCUT2D eigenvalue weighted by molar-refractivity contribution is -0.133. The zero-order valence-electron chi connectivity index (χ0n) is 19.7. The van der Waals surface area contributed by atoms with Gasteiger partial charge < -0.3 is 14.5 Å². The summed E-state index contributed by atoms with van der Waals surface area (Å²) < 4.78 is 7.21. The first-order valence-electron chi connectivity index (χ1n) is 11.4. The molecule has 0 unspecified atom stereocenters. The van der Waals surface area contributed by atoms with E-state index in [-0.39, 0.29) is 23.1 Å². The lowest BCUT2D eigenvalue weighted by Crippen LogP contribution is -2.50. The molecule has 1 fully saturated rings. The van der Waals surface area contributed by atoms with Crippen LogP contribution in [0.25, 0.3) is 5.69 Å².